The summed E-state index contributed by atoms with van der Waals surface area (Å²) < 4.78 is 0. The molecular formula is C15H22N4. The van der Waals surface area contributed by atoms with Crippen molar-refractivity contribution in [2.45, 2.75) is 39.7 Å². The van der Waals surface area contributed by atoms with Crippen molar-refractivity contribution in [2.75, 3.05) is 18.0 Å². The summed E-state index contributed by atoms with van der Waals surface area (Å²) in [4.78, 5) is 6.82. The van der Waals surface area contributed by atoms with E-state index in [1.807, 2.05) is 19.9 Å². The number of aryl methyl sites for hydroxylation is 2. The maximum absolute atomic E-state index is 9.35. The Kier molecular flexibility index (Phi) is 4.06. The first-order valence-electron chi connectivity index (χ1n) is 6.91. The summed E-state index contributed by atoms with van der Waals surface area (Å²) in [6.45, 7) is 7.89. The molecule has 0 aromatic carbocycles. The van der Waals surface area contributed by atoms with Crippen LogP contribution in [-0.4, -0.2) is 24.1 Å². The quantitative estimate of drug-likeness (QED) is 0.882. The molecule has 1 aromatic heterocycles. The molecule has 4 heteroatoms. The van der Waals surface area contributed by atoms with Crippen molar-refractivity contribution in [1.29, 1.82) is 5.26 Å². The zero-order chi connectivity index (χ0) is 14.0. The molecule has 1 aliphatic heterocycles. The minimum Gasteiger partial charge on any atom is -0.355 e. The van der Waals surface area contributed by atoms with E-state index in [2.05, 4.69) is 22.9 Å². The number of piperidine rings is 1. The number of aromatic nitrogens is 1. The summed E-state index contributed by atoms with van der Waals surface area (Å²) in [5, 5.41) is 9.35. The SMILES string of the molecule is Cc1cc(C)c(C#N)c(N2CCCC(C(C)N)C2)n1. The van der Waals surface area contributed by atoms with Crippen molar-refractivity contribution >= 4 is 5.82 Å². The van der Waals surface area contributed by atoms with Crippen LogP contribution in [0.1, 0.15) is 36.6 Å². The smallest absolute Gasteiger partial charge is 0.147 e. The zero-order valence-corrected chi connectivity index (χ0v) is 12.0. The largest absolute Gasteiger partial charge is 0.355 e. The van der Waals surface area contributed by atoms with Gasteiger partial charge in [0.25, 0.3) is 0 Å². The van der Waals surface area contributed by atoms with E-state index in [9.17, 15) is 5.26 Å². The monoisotopic (exact) mass is 258 g/mol. The Bertz CT molecular complexity index is 502. The molecule has 2 unspecified atom stereocenters. The molecule has 0 amide bonds. The highest BCUT2D eigenvalue weighted by molar-refractivity contribution is 5.58. The summed E-state index contributed by atoms with van der Waals surface area (Å²) in [6.07, 6.45) is 2.28. The molecule has 0 spiro atoms. The van der Waals surface area contributed by atoms with E-state index in [-0.39, 0.29) is 6.04 Å². The summed E-state index contributed by atoms with van der Waals surface area (Å²) >= 11 is 0. The highest BCUT2D eigenvalue weighted by Gasteiger charge is 2.25. The van der Waals surface area contributed by atoms with Gasteiger partial charge in [-0.2, -0.15) is 5.26 Å². The van der Waals surface area contributed by atoms with Crippen molar-refractivity contribution in [3.63, 3.8) is 0 Å². The maximum atomic E-state index is 9.35. The van der Waals surface area contributed by atoms with Gasteiger partial charge >= 0.3 is 0 Å². The highest BCUT2D eigenvalue weighted by Crippen LogP contribution is 2.27. The average Bonchev–Trinajstić information content (AvgIpc) is 2.38. The van der Waals surface area contributed by atoms with Crippen LogP contribution in [0.5, 0.6) is 0 Å². The highest BCUT2D eigenvalue weighted by atomic mass is 15.2. The number of anilines is 1. The lowest BCUT2D eigenvalue weighted by Gasteiger charge is -2.36. The average molecular weight is 258 g/mol. The molecule has 1 fully saturated rings. The second-order valence-electron chi connectivity index (χ2n) is 5.60. The van der Waals surface area contributed by atoms with Gasteiger partial charge < -0.3 is 10.6 Å². The molecule has 0 saturated carbocycles. The molecule has 2 rings (SSSR count). The normalized spacial score (nSPS) is 21.0. The van der Waals surface area contributed by atoms with Gasteiger partial charge in [-0.25, -0.2) is 4.98 Å². The first kappa shape index (κ1) is 13.8. The first-order valence-corrected chi connectivity index (χ1v) is 6.91. The maximum Gasteiger partial charge on any atom is 0.147 e. The molecule has 0 aliphatic carbocycles. The zero-order valence-electron chi connectivity index (χ0n) is 12.0. The lowest BCUT2D eigenvalue weighted by Crippen LogP contribution is -2.43. The van der Waals surface area contributed by atoms with E-state index in [1.54, 1.807) is 0 Å². The van der Waals surface area contributed by atoms with Gasteiger partial charge in [-0.05, 0) is 51.2 Å². The molecule has 0 radical (unpaired) electrons. The Balaban J connectivity index is 2.33. The standard InChI is InChI=1S/C15H22N4/c1-10-7-11(2)18-15(14(10)8-16)19-6-4-5-13(9-19)12(3)17/h7,12-13H,4-6,9,17H2,1-3H3. The van der Waals surface area contributed by atoms with Crippen LogP contribution < -0.4 is 10.6 Å². The fraction of sp³-hybridized carbons (Fsp3) is 0.600. The molecule has 2 N–H and O–H groups in total. The van der Waals surface area contributed by atoms with Crippen LogP contribution in [0.3, 0.4) is 0 Å². The first-order chi connectivity index (χ1) is 9.02. The molecular weight excluding hydrogens is 236 g/mol. The Labute approximate surface area is 115 Å². The lowest BCUT2D eigenvalue weighted by molar-refractivity contribution is 0.363. The van der Waals surface area contributed by atoms with E-state index < -0.39 is 0 Å². The van der Waals surface area contributed by atoms with E-state index in [0.717, 1.165) is 36.6 Å². The molecule has 1 aromatic rings. The van der Waals surface area contributed by atoms with Gasteiger partial charge in [0.2, 0.25) is 0 Å². The van der Waals surface area contributed by atoms with Crippen LogP contribution in [0.2, 0.25) is 0 Å². The molecule has 102 valence electrons. The van der Waals surface area contributed by atoms with Crippen LogP contribution in [-0.2, 0) is 0 Å². The molecule has 1 aliphatic rings. The van der Waals surface area contributed by atoms with Crippen LogP contribution in [0.15, 0.2) is 6.07 Å². The molecule has 1 saturated heterocycles. The number of hydrogen-bond acceptors (Lipinski definition) is 4. The molecule has 2 atom stereocenters. The predicted molar refractivity (Wildman–Crippen MR) is 77.0 cm³/mol. The second kappa shape index (κ2) is 5.58. The number of nitriles is 1. The minimum absolute atomic E-state index is 0.194. The third kappa shape index (κ3) is 2.87. The van der Waals surface area contributed by atoms with Crippen molar-refractivity contribution in [2.24, 2.45) is 11.7 Å². The Hall–Kier alpha value is -1.60. The number of pyridine rings is 1. The summed E-state index contributed by atoms with van der Waals surface area (Å²) in [7, 11) is 0. The number of rotatable bonds is 2. The van der Waals surface area contributed by atoms with Gasteiger partial charge in [-0.15, -0.1) is 0 Å². The predicted octanol–water partition coefficient (Wildman–Crippen LogP) is 2.13. The molecule has 19 heavy (non-hydrogen) atoms. The Morgan fingerprint density at radius 2 is 2.26 bits per heavy atom. The third-order valence-corrected chi connectivity index (χ3v) is 3.94. The van der Waals surface area contributed by atoms with Crippen LogP contribution in [0.25, 0.3) is 0 Å². The van der Waals surface area contributed by atoms with Crippen LogP contribution in [0.4, 0.5) is 5.82 Å². The fourth-order valence-electron chi connectivity index (χ4n) is 2.82. The lowest BCUT2D eigenvalue weighted by atomic mass is 9.92. The van der Waals surface area contributed by atoms with Crippen molar-refractivity contribution in [1.82, 2.24) is 4.98 Å². The van der Waals surface area contributed by atoms with Crippen molar-refractivity contribution < 1.29 is 0 Å². The van der Waals surface area contributed by atoms with Crippen molar-refractivity contribution in [3.8, 4) is 6.07 Å². The van der Waals surface area contributed by atoms with Gasteiger partial charge in [0.05, 0.1) is 5.56 Å². The number of hydrogen-bond donors (Lipinski definition) is 1. The molecule has 2 heterocycles. The summed E-state index contributed by atoms with van der Waals surface area (Å²) in [5.41, 5.74) is 8.70. The summed E-state index contributed by atoms with van der Waals surface area (Å²) in [6, 6.07) is 4.46. The van der Waals surface area contributed by atoms with E-state index in [1.165, 1.54) is 6.42 Å². The topological polar surface area (TPSA) is 65.9 Å². The fourth-order valence-corrected chi connectivity index (χ4v) is 2.82. The summed E-state index contributed by atoms with van der Waals surface area (Å²) in [5.74, 6) is 1.33. The molecule has 0 bridgehead atoms. The Morgan fingerprint density at radius 3 is 2.89 bits per heavy atom. The van der Waals surface area contributed by atoms with Gasteiger partial charge in [0.1, 0.15) is 11.9 Å². The second-order valence-corrected chi connectivity index (χ2v) is 5.60. The van der Waals surface area contributed by atoms with E-state index in [0.29, 0.717) is 11.5 Å². The molecule has 4 nitrogen and oxygen atoms in total. The number of nitrogens with zero attached hydrogens (tertiary/aromatic N) is 3. The van der Waals surface area contributed by atoms with Gasteiger partial charge in [-0.3, -0.25) is 0 Å². The Morgan fingerprint density at radius 1 is 1.53 bits per heavy atom. The van der Waals surface area contributed by atoms with Gasteiger partial charge in [0.15, 0.2) is 0 Å². The van der Waals surface area contributed by atoms with Crippen molar-refractivity contribution in [3.05, 3.63) is 22.9 Å². The van der Waals surface area contributed by atoms with Gasteiger partial charge in [-0.1, -0.05) is 0 Å². The van der Waals surface area contributed by atoms with E-state index >= 15 is 0 Å². The van der Waals surface area contributed by atoms with Crippen LogP contribution in [0, 0.1) is 31.1 Å². The minimum atomic E-state index is 0.194. The van der Waals surface area contributed by atoms with Crippen LogP contribution >= 0.6 is 0 Å². The van der Waals surface area contributed by atoms with E-state index in [4.69, 9.17) is 5.73 Å². The van der Waals surface area contributed by atoms with Gasteiger partial charge in [0, 0.05) is 24.8 Å². The third-order valence-electron chi connectivity index (χ3n) is 3.94. The number of nitrogens with two attached hydrogens (primary N) is 1.